The summed E-state index contributed by atoms with van der Waals surface area (Å²) in [6.07, 6.45) is 5.86. The van der Waals surface area contributed by atoms with E-state index < -0.39 is 0 Å². The van der Waals surface area contributed by atoms with E-state index in [4.69, 9.17) is 8.83 Å². The van der Waals surface area contributed by atoms with Crippen molar-refractivity contribution >= 4 is 49.9 Å². The van der Waals surface area contributed by atoms with Gasteiger partial charge in [0.15, 0.2) is 0 Å². The molecule has 0 radical (unpaired) electrons. The van der Waals surface area contributed by atoms with Gasteiger partial charge in [0.2, 0.25) is 0 Å². The fraction of sp³-hybridized carbons (Fsp3) is 0.143. The first-order valence-corrected chi connectivity index (χ1v) is 6.74. The Morgan fingerprint density at radius 3 is 2.68 bits per heavy atom. The van der Waals surface area contributed by atoms with Gasteiger partial charge in [-0.2, -0.15) is 0 Å². The Morgan fingerprint density at radius 1 is 1.11 bits per heavy atom. The molecule has 19 heavy (non-hydrogen) atoms. The van der Waals surface area contributed by atoms with Gasteiger partial charge in [-0.25, -0.2) is 4.99 Å². The van der Waals surface area contributed by atoms with Gasteiger partial charge in [-0.1, -0.05) is 0 Å². The summed E-state index contributed by atoms with van der Waals surface area (Å²) < 4.78 is 12.1. The number of amidine groups is 1. The fourth-order valence-electron chi connectivity index (χ4n) is 2.45. The summed E-state index contributed by atoms with van der Waals surface area (Å²) in [7, 11) is 0. The van der Waals surface area contributed by atoms with E-state index in [0.29, 0.717) is 13.0 Å². The molecule has 3 heterocycles. The second-order valence-electron chi connectivity index (χ2n) is 4.36. The largest absolute Gasteiger partial charge is 0.464 e. The minimum atomic E-state index is 0.657. The standard InChI is InChI=1S/C14H9BrN2O2/c15-12-9-2-6-18-13(9)10(7-11-16-3-4-17-11)8-1-5-19-14(8)12/h1-3,5-6H,4,7H2. The highest BCUT2D eigenvalue weighted by atomic mass is 79.9. The number of benzene rings is 1. The lowest BCUT2D eigenvalue weighted by Gasteiger charge is -2.05. The van der Waals surface area contributed by atoms with Crippen LogP contribution in [0, 0.1) is 0 Å². The van der Waals surface area contributed by atoms with Crippen LogP contribution < -0.4 is 0 Å². The van der Waals surface area contributed by atoms with E-state index in [-0.39, 0.29) is 0 Å². The van der Waals surface area contributed by atoms with Crippen molar-refractivity contribution in [3.63, 3.8) is 0 Å². The van der Waals surface area contributed by atoms with E-state index in [2.05, 4.69) is 25.9 Å². The van der Waals surface area contributed by atoms with Crippen LogP contribution in [0.3, 0.4) is 0 Å². The van der Waals surface area contributed by atoms with E-state index >= 15 is 0 Å². The van der Waals surface area contributed by atoms with Gasteiger partial charge in [-0.05, 0) is 28.1 Å². The van der Waals surface area contributed by atoms with Gasteiger partial charge in [-0.15, -0.1) is 0 Å². The van der Waals surface area contributed by atoms with Crippen molar-refractivity contribution in [2.24, 2.45) is 9.98 Å². The number of halogens is 1. The van der Waals surface area contributed by atoms with Crippen LogP contribution in [0.15, 0.2) is 48.0 Å². The van der Waals surface area contributed by atoms with Crippen molar-refractivity contribution in [3.05, 3.63) is 34.7 Å². The molecule has 94 valence electrons. The van der Waals surface area contributed by atoms with Gasteiger partial charge in [0.1, 0.15) is 17.0 Å². The van der Waals surface area contributed by atoms with E-state index in [1.807, 2.05) is 18.3 Å². The molecule has 0 spiro atoms. The Kier molecular flexibility index (Phi) is 2.35. The summed E-state index contributed by atoms with van der Waals surface area (Å²) in [5, 5.41) is 2.05. The molecule has 1 aliphatic heterocycles. The molecule has 3 aromatic rings. The number of rotatable bonds is 2. The Balaban J connectivity index is 2.04. The number of furan rings is 2. The molecule has 1 aromatic carbocycles. The van der Waals surface area contributed by atoms with Crippen molar-refractivity contribution in [1.82, 2.24) is 0 Å². The molecule has 0 N–H and O–H groups in total. The number of aliphatic imine (C=N–C) groups is 2. The summed E-state index contributed by atoms with van der Waals surface area (Å²) in [5.74, 6) is 0.836. The maximum absolute atomic E-state index is 5.64. The number of fused-ring (bicyclic) bond motifs is 2. The van der Waals surface area contributed by atoms with E-state index in [1.54, 1.807) is 12.5 Å². The van der Waals surface area contributed by atoms with Crippen LogP contribution in [0.4, 0.5) is 0 Å². The molecule has 0 amide bonds. The predicted octanol–water partition coefficient (Wildman–Crippen LogP) is 3.97. The molecule has 0 atom stereocenters. The lowest BCUT2D eigenvalue weighted by Crippen LogP contribution is -1.98. The van der Waals surface area contributed by atoms with Crippen molar-refractivity contribution in [1.29, 1.82) is 0 Å². The molecule has 0 saturated carbocycles. The Hall–Kier alpha value is -1.88. The lowest BCUT2D eigenvalue weighted by molar-refractivity contribution is 0.609. The van der Waals surface area contributed by atoms with E-state index in [0.717, 1.165) is 37.8 Å². The van der Waals surface area contributed by atoms with Crippen molar-refractivity contribution in [2.45, 2.75) is 6.42 Å². The monoisotopic (exact) mass is 316 g/mol. The molecule has 5 heteroatoms. The Labute approximate surface area is 116 Å². The Bertz CT molecular complexity index is 790. The molecule has 2 aromatic heterocycles. The van der Waals surface area contributed by atoms with Crippen molar-refractivity contribution < 1.29 is 8.83 Å². The summed E-state index contributed by atoms with van der Waals surface area (Å²) in [5.41, 5.74) is 2.78. The SMILES string of the molecule is Brc1c2ccoc2c(CC2=NCC=N2)c2ccoc12. The second kappa shape index (κ2) is 4.06. The average molecular weight is 317 g/mol. The molecular formula is C14H9BrN2O2. The molecule has 0 aliphatic carbocycles. The zero-order chi connectivity index (χ0) is 12.8. The highest BCUT2D eigenvalue weighted by Crippen LogP contribution is 2.38. The third kappa shape index (κ3) is 1.58. The van der Waals surface area contributed by atoms with Crippen molar-refractivity contribution in [3.8, 4) is 0 Å². The number of hydrogen-bond acceptors (Lipinski definition) is 4. The summed E-state index contributed by atoms with van der Waals surface area (Å²) >= 11 is 3.57. The quantitative estimate of drug-likeness (QED) is 0.718. The van der Waals surface area contributed by atoms with Crippen LogP contribution in [0.1, 0.15) is 5.56 Å². The first-order chi connectivity index (χ1) is 9.34. The molecule has 1 aliphatic rings. The molecule has 0 bridgehead atoms. The van der Waals surface area contributed by atoms with Crippen LogP contribution in [-0.2, 0) is 6.42 Å². The zero-order valence-corrected chi connectivity index (χ0v) is 11.5. The first kappa shape index (κ1) is 11.0. The van der Waals surface area contributed by atoms with Gasteiger partial charge in [0, 0.05) is 29.0 Å². The minimum Gasteiger partial charge on any atom is -0.464 e. The predicted molar refractivity (Wildman–Crippen MR) is 78.2 cm³/mol. The minimum absolute atomic E-state index is 0.657. The normalized spacial score (nSPS) is 14.7. The maximum Gasteiger partial charge on any atom is 0.149 e. The van der Waals surface area contributed by atoms with Crippen LogP contribution in [-0.4, -0.2) is 18.6 Å². The summed E-state index contributed by atoms with van der Waals surface area (Å²) in [6.45, 7) is 0.668. The molecule has 4 rings (SSSR count). The fourth-order valence-corrected chi connectivity index (χ4v) is 3.06. The smallest absolute Gasteiger partial charge is 0.149 e. The highest BCUT2D eigenvalue weighted by Gasteiger charge is 2.18. The zero-order valence-electron chi connectivity index (χ0n) is 9.89. The first-order valence-electron chi connectivity index (χ1n) is 5.95. The van der Waals surface area contributed by atoms with Gasteiger partial charge < -0.3 is 8.83 Å². The average Bonchev–Trinajstić information content (AvgIpc) is 3.13. The second-order valence-corrected chi connectivity index (χ2v) is 5.16. The topological polar surface area (TPSA) is 51.0 Å². The highest BCUT2D eigenvalue weighted by molar-refractivity contribution is 9.10. The van der Waals surface area contributed by atoms with Gasteiger partial charge in [0.25, 0.3) is 0 Å². The van der Waals surface area contributed by atoms with Crippen LogP contribution >= 0.6 is 15.9 Å². The van der Waals surface area contributed by atoms with Crippen LogP contribution in [0.2, 0.25) is 0 Å². The molecule has 4 nitrogen and oxygen atoms in total. The van der Waals surface area contributed by atoms with E-state index in [1.165, 1.54) is 0 Å². The number of hydrogen-bond donors (Lipinski definition) is 0. The molecule has 0 unspecified atom stereocenters. The summed E-state index contributed by atoms with van der Waals surface area (Å²) in [4.78, 5) is 8.62. The third-order valence-corrected chi connectivity index (χ3v) is 4.08. The Morgan fingerprint density at radius 2 is 1.89 bits per heavy atom. The summed E-state index contributed by atoms with van der Waals surface area (Å²) in [6, 6.07) is 3.89. The maximum atomic E-state index is 5.64. The van der Waals surface area contributed by atoms with Gasteiger partial charge >= 0.3 is 0 Å². The lowest BCUT2D eigenvalue weighted by atomic mass is 10.0. The molecule has 0 saturated heterocycles. The number of nitrogens with zero attached hydrogens (tertiary/aromatic N) is 2. The molecule has 0 fully saturated rings. The van der Waals surface area contributed by atoms with E-state index in [9.17, 15) is 0 Å². The van der Waals surface area contributed by atoms with Crippen LogP contribution in [0.5, 0.6) is 0 Å². The third-order valence-electron chi connectivity index (χ3n) is 3.30. The van der Waals surface area contributed by atoms with Gasteiger partial charge in [-0.3, -0.25) is 4.99 Å². The molecular weight excluding hydrogens is 308 g/mol. The van der Waals surface area contributed by atoms with Crippen LogP contribution in [0.25, 0.3) is 21.9 Å². The van der Waals surface area contributed by atoms with Gasteiger partial charge in [0.05, 0.1) is 23.5 Å². The van der Waals surface area contributed by atoms with Crippen molar-refractivity contribution in [2.75, 3.05) is 6.54 Å².